The summed E-state index contributed by atoms with van der Waals surface area (Å²) in [4.78, 5) is 67.4. The smallest absolute Gasteiger partial charge is 0.311 e. The van der Waals surface area contributed by atoms with Crippen LogP contribution in [0.25, 0.3) is 0 Å². The molecule has 0 N–H and O–H groups in total. The minimum Gasteiger partial charge on any atom is -0.462 e. The van der Waals surface area contributed by atoms with Gasteiger partial charge in [0.2, 0.25) is 0 Å². The quantitative estimate of drug-likeness (QED) is 0.187. The molecular formula is C41H67NO15. The first-order chi connectivity index (χ1) is 26.6. The number of cyclic esters (lactones) is 1. The van der Waals surface area contributed by atoms with Gasteiger partial charge >= 0.3 is 23.9 Å². The number of ketones is 1. The summed E-state index contributed by atoms with van der Waals surface area (Å²) in [6, 6.07) is -0.247. The van der Waals surface area contributed by atoms with E-state index in [0.717, 1.165) is 0 Å². The standard InChI is InChI=1S/C41H67NO15/c1-19-17-41(18-49-41)38(46)23(5)34(53-27(9)43)21(3)25(7)52-39(47)24(6)35(56-32-16-31(48-14)36(26(8)51-32)54-28(10)44)22(4)33(19)57-40-37(55-29(11)45)30(42(12)13)15-20(2)50-40/h19-26,30-37,40H,15-18H2,1-14H3/t19-,20-,21+,22-,23-,24-,25-,26+,30+,31+,32+,33+,34+,35+,36+,37-,40+,41-/m1/s1. The summed E-state index contributed by atoms with van der Waals surface area (Å²) in [7, 11) is 5.31. The molecule has 4 rings (SSSR count). The lowest BCUT2D eigenvalue weighted by molar-refractivity contribution is -0.301. The van der Waals surface area contributed by atoms with E-state index in [1.165, 1.54) is 27.9 Å². The van der Waals surface area contributed by atoms with Gasteiger partial charge in [0.25, 0.3) is 0 Å². The molecule has 0 radical (unpaired) electrons. The van der Waals surface area contributed by atoms with Gasteiger partial charge in [-0.05, 0) is 60.5 Å². The Labute approximate surface area is 337 Å². The van der Waals surface area contributed by atoms with E-state index in [1.807, 2.05) is 39.8 Å². The van der Waals surface area contributed by atoms with Crippen LogP contribution >= 0.6 is 0 Å². The second-order valence-electron chi connectivity index (χ2n) is 17.1. The van der Waals surface area contributed by atoms with Crippen molar-refractivity contribution in [3.8, 4) is 0 Å². The van der Waals surface area contributed by atoms with Crippen LogP contribution in [0, 0.1) is 29.6 Å². The summed E-state index contributed by atoms with van der Waals surface area (Å²) < 4.78 is 61.5. The largest absolute Gasteiger partial charge is 0.462 e. The van der Waals surface area contributed by atoms with Crippen molar-refractivity contribution in [3.63, 3.8) is 0 Å². The van der Waals surface area contributed by atoms with Crippen LogP contribution < -0.4 is 0 Å². The zero-order valence-corrected chi connectivity index (χ0v) is 36.2. The monoisotopic (exact) mass is 813 g/mol. The van der Waals surface area contributed by atoms with E-state index in [2.05, 4.69) is 0 Å². The molecule has 1 spiro atoms. The molecule has 4 aliphatic rings. The van der Waals surface area contributed by atoms with Crippen molar-refractivity contribution >= 4 is 29.7 Å². The number of carbonyl (C=O) groups excluding carboxylic acids is 5. The van der Waals surface area contributed by atoms with Crippen molar-refractivity contribution in [2.75, 3.05) is 27.8 Å². The summed E-state index contributed by atoms with van der Waals surface area (Å²) in [6.07, 6.45) is -7.35. The zero-order chi connectivity index (χ0) is 42.7. The molecular weight excluding hydrogens is 746 g/mol. The predicted octanol–water partition coefficient (Wildman–Crippen LogP) is 3.62. The first-order valence-electron chi connectivity index (χ1n) is 20.3. The average Bonchev–Trinajstić information content (AvgIpc) is 3.91. The summed E-state index contributed by atoms with van der Waals surface area (Å²) in [5.74, 6) is -5.69. The number of epoxide rings is 1. The van der Waals surface area contributed by atoms with Crippen LogP contribution in [0.3, 0.4) is 0 Å². The van der Waals surface area contributed by atoms with Crippen LogP contribution in [0.1, 0.15) is 95.4 Å². The zero-order valence-electron chi connectivity index (χ0n) is 36.2. The van der Waals surface area contributed by atoms with Crippen molar-refractivity contribution in [2.45, 2.75) is 175 Å². The van der Waals surface area contributed by atoms with Crippen LogP contribution in [0.15, 0.2) is 0 Å². The Balaban J connectivity index is 1.82. The van der Waals surface area contributed by atoms with Crippen LogP contribution in [0.2, 0.25) is 0 Å². The minimum atomic E-state index is -1.19. The molecule has 4 aliphatic heterocycles. The molecule has 0 aromatic rings. The summed E-state index contributed by atoms with van der Waals surface area (Å²) in [5.41, 5.74) is -1.19. The molecule has 16 nitrogen and oxygen atoms in total. The van der Waals surface area contributed by atoms with Crippen LogP contribution in [-0.2, 0) is 71.3 Å². The van der Waals surface area contributed by atoms with Crippen LogP contribution in [0.4, 0.5) is 0 Å². The maximum Gasteiger partial charge on any atom is 0.311 e. The number of hydrogen-bond acceptors (Lipinski definition) is 16. The molecule has 0 aliphatic carbocycles. The summed E-state index contributed by atoms with van der Waals surface area (Å²) in [6.45, 7) is 18.5. The normalized spacial score (nSPS) is 43.5. The second kappa shape index (κ2) is 19.6. The Morgan fingerprint density at radius 2 is 1.28 bits per heavy atom. The first kappa shape index (κ1) is 47.0. The van der Waals surface area contributed by atoms with E-state index >= 15 is 0 Å². The highest BCUT2D eigenvalue weighted by atomic mass is 16.7. The Kier molecular flexibility index (Phi) is 16.1. The highest BCUT2D eigenvalue weighted by molar-refractivity contribution is 5.92. The third-order valence-electron chi connectivity index (χ3n) is 12.2. The average molecular weight is 814 g/mol. The van der Waals surface area contributed by atoms with E-state index in [0.29, 0.717) is 6.42 Å². The van der Waals surface area contributed by atoms with Crippen molar-refractivity contribution in [1.29, 1.82) is 0 Å². The maximum atomic E-state index is 14.4. The SMILES string of the molecule is CO[C@H]1C[C@H](O[C@H]2[C@H](C)[C@@H](O[C@@H]3O[C@H](C)C[C@H](N(C)C)[C@H]3OC(C)=O)[C@H](C)C[C@@]3(CO3)C(=O)[C@H](C)[C@@H](OC(C)=O)[C@@H](C)[C@@H](C)OC(=O)[C@@H]2C)O[C@@H](C)[C@@H]1OC(C)=O. The van der Waals surface area contributed by atoms with Crippen LogP contribution in [-0.4, -0.2) is 142 Å². The highest BCUT2D eigenvalue weighted by Crippen LogP contribution is 2.44. The number of Topliss-reactive ketones (excluding diaryl/α,β-unsaturated/α-hetero) is 1. The molecule has 0 aromatic carbocycles. The molecule has 16 heteroatoms. The third kappa shape index (κ3) is 11.3. The van der Waals surface area contributed by atoms with Crippen molar-refractivity contribution in [2.24, 2.45) is 29.6 Å². The molecule has 4 heterocycles. The van der Waals surface area contributed by atoms with E-state index in [-0.39, 0.29) is 37.4 Å². The summed E-state index contributed by atoms with van der Waals surface area (Å²) in [5, 5.41) is 0. The number of hydrogen-bond donors (Lipinski definition) is 0. The Morgan fingerprint density at radius 1 is 0.702 bits per heavy atom. The fourth-order valence-corrected chi connectivity index (χ4v) is 8.93. The molecule has 0 saturated carbocycles. The maximum absolute atomic E-state index is 14.4. The lowest BCUT2D eigenvalue weighted by Crippen LogP contribution is -2.58. The molecule has 0 amide bonds. The first-order valence-corrected chi connectivity index (χ1v) is 20.3. The van der Waals surface area contributed by atoms with Gasteiger partial charge in [-0.15, -0.1) is 0 Å². The van der Waals surface area contributed by atoms with E-state index in [9.17, 15) is 24.0 Å². The topological polar surface area (TPSA) is 184 Å². The number of carbonyl (C=O) groups is 5. The fourth-order valence-electron chi connectivity index (χ4n) is 8.93. The predicted molar refractivity (Wildman–Crippen MR) is 202 cm³/mol. The second-order valence-corrected chi connectivity index (χ2v) is 17.1. The number of nitrogens with zero attached hydrogens (tertiary/aromatic N) is 1. The van der Waals surface area contributed by atoms with Gasteiger partial charge in [0.05, 0.1) is 48.9 Å². The van der Waals surface area contributed by atoms with Crippen molar-refractivity contribution in [1.82, 2.24) is 4.90 Å². The Morgan fingerprint density at radius 3 is 1.82 bits per heavy atom. The lowest BCUT2D eigenvalue weighted by atomic mass is 9.76. The van der Waals surface area contributed by atoms with Gasteiger partial charge in [0.1, 0.15) is 18.3 Å². The van der Waals surface area contributed by atoms with Gasteiger partial charge in [-0.1, -0.05) is 27.7 Å². The van der Waals surface area contributed by atoms with Gasteiger partial charge < -0.3 is 52.3 Å². The van der Waals surface area contributed by atoms with Crippen molar-refractivity contribution < 1.29 is 71.3 Å². The van der Waals surface area contributed by atoms with Gasteiger partial charge in [0, 0.05) is 46.1 Å². The molecule has 57 heavy (non-hydrogen) atoms. The number of rotatable bonds is 9. The molecule has 0 bridgehead atoms. The fraction of sp³-hybridized carbons (Fsp3) is 0.878. The number of ether oxygens (including phenoxy) is 10. The highest BCUT2D eigenvalue weighted by Gasteiger charge is 2.58. The number of esters is 4. The summed E-state index contributed by atoms with van der Waals surface area (Å²) >= 11 is 0. The van der Waals surface area contributed by atoms with Crippen LogP contribution in [0.5, 0.6) is 0 Å². The Bertz CT molecular complexity index is 1420. The molecule has 4 fully saturated rings. The van der Waals surface area contributed by atoms with E-state index in [1.54, 1.807) is 34.6 Å². The molecule has 18 atom stereocenters. The lowest BCUT2D eigenvalue weighted by Gasteiger charge is -2.46. The molecule has 326 valence electrons. The molecule has 4 saturated heterocycles. The van der Waals surface area contributed by atoms with Gasteiger partial charge in [0.15, 0.2) is 36.2 Å². The third-order valence-corrected chi connectivity index (χ3v) is 12.2. The minimum absolute atomic E-state index is 0.162. The number of likely N-dealkylation sites (N-methyl/N-ethyl adjacent to an activating group) is 1. The Hall–Kier alpha value is -2.73. The van der Waals surface area contributed by atoms with E-state index < -0.39 is 120 Å². The van der Waals surface area contributed by atoms with Gasteiger partial charge in [-0.2, -0.15) is 0 Å². The van der Waals surface area contributed by atoms with Gasteiger partial charge in [-0.25, -0.2) is 0 Å². The van der Waals surface area contributed by atoms with Gasteiger partial charge in [-0.3, -0.25) is 24.0 Å². The molecule has 0 unspecified atom stereocenters. The molecule has 0 aromatic heterocycles. The van der Waals surface area contributed by atoms with E-state index in [4.69, 9.17) is 47.4 Å². The van der Waals surface area contributed by atoms with Crippen molar-refractivity contribution in [3.05, 3.63) is 0 Å². The number of methoxy groups -OCH3 is 1.